The zero-order chi connectivity index (χ0) is 12.1. The molecule has 0 fully saturated rings. The predicted molar refractivity (Wildman–Crippen MR) is 69.8 cm³/mol. The molecule has 0 radical (unpaired) electrons. The summed E-state index contributed by atoms with van der Waals surface area (Å²) in [5, 5.41) is 0. The van der Waals surface area contributed by atoms with E-state index in [9.17, 15) is 4.39 Å². The Hall–Kier alpha value is -0.410. The fourth-order valence-electron chi connectivity index (χ4n) is 1.93. The second-order valence-corrected chi connectivity index (χ2v) is 5.59. The molecule has 0 heterocycles. The van der Waals surface area contributed by atoms with Crippen molar-refractivity contribution in [2.24, 2.45) is 17.6 Å². The van der Waals surface area contributed by atoms with Crippen molar-refractivity contribution in [3.05, 3.63) is 34.1 Å². The van der Waals surface area contributed by atoms with Crippen molar-refractivity contribution < 1.29 is 4.39 Å². The van der Waals surface area contributed by atoms with Gasteiger partial charge in [-0.05, 0) is 48.9 Å². The molecular weight excluding hydrogens is 269 g/mol. The molecule has 1 aromatic rings. The molecule has 0 aliphatic carbocycles. The van der Waals surface area contributed by atoms with Gasteiger partial charge in [0, 0.05) is 4.47 Å². The second kappa shape index (κ2) is 6.36. The maximum absolute atomic E-state index is 13.6. The maximum Gasteiger partial charge on any atom is 0.127 e. The van der Waals surface area contributed by atoms with Gasteiger partial charge >= 0.3 is 0 Å². The molecule has 0 saturated carbocycles. The number of hydrogen-bond acceptors (Lipinski definition) is 1. The normalized spacial score (nSPS) is 13.1. The van der Waals surface area contributed by atoms with Crippen LogP contribution in [0, 0.1) is 17.7 Å². The fourth-order valence-corrected chi connectivity index (χ4v) is 2.26. The van der Waals surface area contributed by atoms with E-state index in [0.717, 1.165) is 22.9 Å². The lowest BCUT2D eigenvalue weighted by Crippen LogP contribution is -2.19. The maximum atomic E-state index is 13.6. The molecule has 1 nitrogen and oxygen atoms in total. The van der Waals surface area contributed by atoms with Gasteiger partial charge < -0.3 is 5.73 Å². The van der Waals surface area contributed by atoms with Crippen molar-refractivity contribution >= 4 is 15.9 Å². The highest BCUT2D eigenvalue weighted by Crippen LogP contribution is 2.21. The van der Waals surface area contributed by atoms with Crippen LogP contribution in [0.5, 0.6) is 0 Å². The van der Waals surface area contributed by atoms with Crippen molar-refractivity contribution in [1.29, 1.82) is 0 Å². The molecule has 0 spiro atoms. The lowest BCUT2D eigenvalue weighted by Gasteiger charge is -2.17. The summed E-state index contributed by atoms with van der Waals surface area (Å²) >= 11 is 3.26. The van der Waals surface area contributed by atoms with E-state index in [2.05, 4.69) is 29.8 Å². The number of benzene rings is 1. The standard InChI is InChI=1S/C13H19BrFN/c1-9(2)5-10(8-16)6-11-3-4-12(14)7-13(11)15/h3-4,7,9-10H,5-6,8,16H2,1-2H3. The lowest BCUT2D eigenvalue weighted by molar-refractivity contribution is 0.409. The van der Waals surface area contributed by atoms with Crippen molar-refractivity contribution in [3.63, 3.8) is 0 Å². The first-order valence-corrected chi connectivity index (χ1v) is 6.46. The Morgan fingerprint density at radius 2 is 2.06 bits per heavy atom. The van der Waals surface area contributed by atoms with E-state index in [1.165, 1.54) is 6.07 Å². The van der Waals surface area contributed by atoms with Crippen molar-refractivity contribution in [3.8, 4) is 0 Å². The summed E-state index contributed by atoms with van der Waals surface area (Å²) in [7, 11) is 0. The third kappa shape index (κ3) is 4.22. The average molecular weight is 288 g/mol. The molecule has 2 N–H and O–H groups in total. The van der Waals surface area contributed by atoms with Crippen molar-refractivity contribution in [2.75, 3.05) is 6.54 Å². The molecule has 1 aromatic carbocycles. The van der Waals surface area contributed by atoms with Crippen LogP contribution in [-0.2, 0) is 6.42 Å². The fraction of sp³-hybridized carbons (Fsp3) is 0.538. The Balaban J connectivity index is 2.70. The van der Waals surface area contributed by atoms with Crippen LogP contribution in [0.4, 0.5) is 4.39 Å². The molecule has 0 aromatic heterocycles. The van der Waals surface area contributed by atoms with E-state index in [1.54, 1.807) is 0 Å². The van der Waals surface area contributed by atoms with Gasteiger partial charge in [0.1, 0.15) is 5.82 Å². The summed E-state index contributed by atoms with van der Waals surface area (Å²) < 4.78 is 14.4. The first-order chi connectivity index (χ1) is 7.52. The summed E-state index contributed by atoms with van der Waals surface area (Å²) in [6.45, 7) is 4.95. The molecule has 1 rings (SSSR count). The van der Waals surface area contributed by atoms with Gasteiger partial charge in [0.25, 0.3) is 0 Å². The highest BCUT2D eigenvalue weighted by Gasteiger charge is 2.12. The van der Waals surface area contributed by atoms with Crippen molar-refractivity contribution in [2.45, 2.75) is 26.7 Å². The average Bonchev–Trinajstić information content (AvgIpc) is 2.20. The zero-order valence-electron chi connectivity index (χ0n) is 9.84. The van der Waals surface area contributed by atoms with E-state index >= 15 is 0 Å². The van der Waals surface area contributed by atoms with Crippen LogP contribution in [0.3, 0.4) is 0 Å². The predicted octanol–water partition coefficient (Wildman–Crippen LogP) is 3.75. The van der Waals surface area contributed by atoms with Crippen LogP contribution < -0.4 is 5.73 Å². The van der Waals surface area contributed by atoms with Crippen LogP contribution in [0.25, 0.3) is 0 Å². The Bertz CT molecular complexity index is 339. The Morgan fingerprint density at radius 3 is 2.56 bits per heavy atom. The SMILES string of the molecule is CC(C)CC(CN)Cc1ccc(Br)cc1F. The van der Waals surface area contributed by atoms with E-state index < -0.39 is 0 Å². The molecular formula is C13H19BrFN. The summed E-state index contributed by atoms with van der Waals surface area (Å²) in [5.74, 6) is 0.833. The quantitative estimate of drug-likeness (QED) is 0.877. The third-order valence-corrected chi connectivity index (χ3v) is 3.16. The number of nitrogens with two attached hydrogens (primary N) is 1. The molecule has 0 aliphatic heterocycles. The van der Waals surface area contributed by atoms with Crippen LogP contribution >= 0.6 is 15.9 Å². The van der Waals surface area contributed by atoms with Gasteiger partial charge in [0.15, 0.2) is 0 Å². The topological polar surface area (TPSA) is 26.0 Å². The molecule has 90 valence electrons. The molecule has 3 heteroatoms. The third-order valence-electron chi connectivity index (χ3n) is 2.66. The molecule has 0 saturated heterocycles. The van der Waals surface area contributed by atoms with Gasteiger partial charge in [-0.1, -0.05) is 35.8 Å². The number of halogens is 2. The summed E-state index contributed by atoms with van der Waals surface area (Å²) in [5.41, 5.74) is 6.48. The highest BCUT2D eigenvalue weighted by molar-refractivity contribution is 9.10. The Labute approximate surface area is 105 Å². The van der Waals surface area contributed by atoms with E-state index in [4.69, 9.17) is 5.73 Å². The van der Waals surface area contributed by atoms with Gasteiger partial charge in [0.05, 0.1) is 0 Å². The smallest absolute Gasteiger partial charge is 0.127 e. The number of hydrogen-bond donors (Lipinski definition) is 1. The largest absolute Gasteiger partial charge is 0.330 e. The van der Waals surface area contributed by atoms with Gasteiger partial charge in [-0.15, -0.1) is 0 Å². The molecule has 1 unspecified atom stereocenters. The first-order valence-electron chi connectivity index (χ1n) is 5.67. The minimum atomic E-state index is -0.142. The summed E-state index contributed by atoms with van der Waals surface area (Å²) in [6, 6.07) is 5.22. The lowest BCUT2D eigenvalue weighted by atomic mass is 9.91. The molecule has 0 aliphatic rings. The zero-order valence-corrected chi connectivity index (χ0v) is 11.4. The number of rotatable bonds is 5. The summed E-state index contributed by atoms with van der Waals surface area (Å²) in [4.78, 5) is 0. The highest BCUT2D eigenvalue weighted by atomic mass is 79.9. The summed E-state index contributed by atoms with van der Waals surface area (Å²) in [6.07, 6.45) is 1.78. The molecule has 0 bridgehead atoms. The van der Waals surface area contributed by atoms with Crippen molar-refractivity contribution in [1.82, 2.24) is 0 Å². The van der Waals surface area contributed by atoms with Gasteiger partial charge in [0.2, 0.25) is 0 Å². The van der Waals surface area contributed by atoms with Crippen LogP contribution in [0.2, 0.25) is 0 Å². The minimum Gasteiger partial charge on any atom is -0.330 e. The van der Waals surface area contributed by atoms with Gasteiger partial charge in [-0.3, -0.25) is 0 Å². The Kier molecular flexibility index (Phi) is 5.42. The molecule has 1 atom stereocenters. The molecule has 16 heavy (non-hydrogen) atoms. The second-order valence-electron chi connectivity index (χ2n) is 4.67. The van der Waals surface area contributed by atoms with Crippen LogP contribution in [-0.4, -0.2) is 6.54 Å². The van der Waals surface area contributed by atoms with E-state index in [-0.39, 0.29) is 5.82 Å². The monoisotopic (exact) mass is 287 g/mol. The Morgan fingerprint density at radius 1 is 1.38 bits per heavy atom. The van der Waals surface area contributed by atoms with Gasteiger partial charge in [-0.25, -0.2) is 4.39 Å². The van der Waals surface area contributed by atoms with E-state index in [0.29, 0.717) is 18.4 Å². The van der Waals surface area contributed by atoms with Gasteiger partial charge in [-0.2, -0.15) is 0 Å². The first kappa shape index (κ1) is 13.7. The minimum absolute atomic E-state index is 0.142. The van der Waals surface area contributed by atoms with E-state index in [1.807, 2.05) is 12.1 Å². The molecule has 0 amide bonds. The van der Waals surface area contributed by atoms with Crippen LogP contribution in [0.15, 0.2) is 22.7 Å². The van der Waals surface area contributed by atoms with Crippen LogP contribution in [0.1, 0.15) is 25.8 Å².